The second-order valence-electron chi connectivity index (χ2n) is 8.40. The van der Waals surface area contributed by atoms with Gasteiger partial charge in [0.1, 0.15) is 11.6 Å². The van der Waals surface area contributed by atoms with Crippen molar-refractivity contribution in [3.05, 3.63) is 85.1 Å². The van der Waals surface area contributed by atoms with Crippen molar-refractivity contribution >= 4 is 0 Å². The average molecular weight is 466 g/mol. The van der Waals surface area contributed by atoms with E-state index in [9.17, 15) is 0 Å². The molecule has 0 aliphatic heterocycles. The molecule has 1 heterocycles. The van der Waals surface area contributed by atoms with Gasteiger partial charge in [-0.25, -0.2) is 0 Å². The molecule has 0 amide bonds. The summed E-state index contributed by atoms with van der Waals surface area (Å²) in [4.78, 5) is 0. The first kappa shape index (κ1) is 31.6. The molecule has 3 heteroatoms. The molecule has 2 aliphatic rings. The van der Waals surface area contributed by atoms with E-state index in [1.807, 2.05) is 20.8 Å². The van der Waals surface area contributed by atoms with Crippen molar-refractivity contribution < 1.29 is 0 Å². The van der Waals surface area contributed by atoms with Gasteiger partial charge in [-0.15, -0.1) is 29.9 Å². The molecule has 1 aromatic heterocycles. The molecular weight excluding hydrogens is 414 g/mol. The van der Waals surface area contributed by atoms with Crippen LogP contribution < -0.4 is 0 Å². The summed E-state index contributed by atoms with van der Waals surface area (Å²) in [5.74, 6) is 2.28. The minimum Gasteiger partial charge on any atom is -0.317 e. The summed E-state index contributed by atoms with van der Waals surface area (Å²) in [7, 11) is 2.19. The number of allylic oxidation sites excluding steroid dienone is 9. The average Bonchev–Trinajstić information content (AvgIpc) is 3.05. The van der Waals surface area contributed by atoms with E-state index in [4.69, 9.17) is 10.2 Å². The molecule has 3 nitrogen and oxygen atoms in total. The molecule has 1 saturated carbocycles. The first-order valence-electron chi connectivity index (χ1n) is 13.2. The summed E-state index contributed by atoms with van der Waals surface area (Å²) < 4.78 is 2.33. The molecular formula is C31H51N3. The van der Waals surface area contributed by atoms with Crippen molar-refractivity contribution in [1.82, 2.24) is 14.8 Å². The summed E-state index contributed by atoms with van der Waals surface area (Å²) in [6.45, 7) is 24.2. The standard InChI is InChI=1S/C24H35N3.C3H6.C2H6.C2H4/c1-6-19(7-2)23(8-3,9-4)21-25-26-22(27(21)5)24(17-14-18-24)20-15-12-10-11-13-16-20;1-3-2;2*1-2/h6,10,12-13,15-16H,7-9,11,14,17-18H2,1-5H3;3H,1H2,2H3;1-2H3;1-2H2/b19-6+;;;. The van der Waals surface area contributed by atoms with Gasteiger partial charge in [0.2, 0.25) is 0 Å². The predicted molar refractivity (Wildman–Crippen MR) is 152 cm³/mol. The fraction of sp³-hybridized carbons (Fsp3) is 0.548. The fourth-order valence-electron chi connectivity index (χ4n) is 5.22. The Labute approximate surface area is 211 Å². The lowest BCUT2D eigenvalue weighted by Crippen LogP contribution is -2.39. The molecule has 190 valence electrons. The van der Waals surface area contributed by atoms with Gasteiger partial charge in [0.15, 0.2) is 0 Å². The summed E-state index contributed by atoms with van der Waals surface area (Å²) in [6.07, 6.45) is 23.1. The Morgan fingerprint density at radius 2 is 1.68 bits per heavy atom. The first-order chi connectivity index (χ1) is 16.5. The van der Waals surface area contributed by atoms with Crippen molar-refractivity contribution in [2.45, 2.75) is 104 Å². The Balaban J connectivity index is 0.00000141. The molecule has 1 aromatic rings. The van der Waals surface area contributed by atoms with Crippen LogP contribution in [0.3, 0.4) is 0 Å². The van der Waals surface area contributed by atoms with Gasteiger partial charge in [-0.1, -0.05) is 89.1 Å². The van der Waals surface area contributed by atoms with Crippen LogP contribution in [0.5, 0.6) is 0 Å². The van der Waals surface area contributed by atoms with Crippen LogP contribution >= 0.6 is 0 Å². The van der Waals surface area contributed by atoms with E-state index in [1.54, 1.807) is 6.08 Å². The molecule has 0 unspecified atom stereocenters. The third-order valence-electron chi connectivity index (χ3n) is 7.02. The lowest BCUT2D eigenvalue weighted by atomic mass is 9.63. The Bertz CT molecular complexity index is 840. The van der Waals surface area contributed by atoms with Crippen LogP contribution in [0, 0.1) is 0 Å². The van der Waals surface area contributed by atoms with Gasteiger partial charge >= 0.3 is 0 Å². The molecule has 0 spiro atoms. The maximum absolute atomic E-state index is 4.82. The minimum atomic E-state index is -0.0119. The summed E-state index contributed by atoms with van der Waals surface area (Å²) >= 11 is 0. The number of rotatable bonds is 7. The smallest absolute Gasteiger partial charge is 0.143 e. The Morgan fingerprint density at radius 1 is 1.09 bits per heavy atom. The maximum Gasteiger partial charge on any atom is 0.143 e. The molecule has 3 rings (SSSR count). The van der Waals surface area contributed by atoms with E-state index in [2.05, 4.69) is 95.5 Å². The second kappa shape index (κ2) is 16.2. The highest BCUT2D eigenvalue weighted by Gasteiger charge is 2.47. The minimum absolute atomic E-state index is 0.0119. The van der Waals surface area contributed by atoms with Crippen LogP contribution in [0.2, 0.25) is 0 Å². The van der Waals surface area contributed by atoms with Gasteiger partial charge in [-0.3, -0.25) is 0 Å². The third kappa shape index (κ3) is 6.37. The maximum atomic E-state index is 4.82. The normalized spacial score (nSPS) is 16.2. The van der Waals surface area contributed by atoms with Gasteiger partial charge in [0.05, 0.1) is 10.8 Å². The predicted octanol–water partition coefficient (Wildman–Crippen LogP) is 9.11. The van der Waals surface area contributed by atoms with Gasteiger partial charge in [-0.05, 0) is 57.9 Å². The van der Waals surface area contributed by atoms with Crippen LogP contribution in [0.25, 0.3) is 0 Å². The number of hydrogen-bond acceptors (Lipinski definition) is 2. The molecule has 2 aliphatic carbocycles. The van der Waals surface area contributed by atoms with Gasteiger partial charge in [-0.2, -0.15) is 0 Å². The molecule has 0 radical (unpaired) electrons. The van der Waals surface area contributed by atoms with Crippen LogP contribution in [0.15, 0.2) is 73.4 Å². The second-order valence-corrected chi connectivity index (χ2v) is 8.40. The zero-order valence-electron chi connectivity index (χ0n) is 23.5. The quantitative estimate of drug-likeness (QED) is 0.376. The first-order valence-corrected chi connectivity index (χ1v) is 13.2. The number of nitrogens with zero attached hydrogens (tertiary/aromatic N) is 3. The SMILES string of the molecule is C/C=C(\CC)C(CC)(CC)c1nnc(C2(C3=CC=CCC=C3)CCC2)n1C.C=C.C=CC.CC. The largest absolute Gasteiger partial charge is 0.317 e. The van der Waals surface area contributed by atoms with E-state index >= 15 is 0 Å². The van der Waals surface area contributed by atoms with E-state index < -0.39 is 0 Å². The molecule has 1 fully saturated rings. The summed E-state index contributed by atoms with van der Waals surface area (Å²) in [5.41, 5.74) is 2.89. The van der Waals surface area contributed by atoms with Gasteiger partial charge < -0.3 is 4.57 Å². The molecule has 0 bridgehead atoms. The Kier molecular flexibility index (Phi) is 15.1. The van der Waals surface area contributed by atoms with Crippen LogP contribution in [0.4, 0.5) is 0 Å². The fourth-order valence-corrected chi connectivity index (χ4v) is 5.22. The molecule has 0 atom stereocenters. The highest BCUT2D eigenvalue weighted by Crippen LogP contribution is 2.50. The lowest BCUT2D eigenvalue weighted by molar-refractivity contribution is 0.275. The van der Waals surface area contributed by atoms with Crippen molar-refractivity contribution in [3.8, 4) is 0 Å². The highest BCUT2D eigenvalue weighted by molar-refractivity contribution is 5.43. The van der Waals surface area contributed by atoms with E-state index in [1.165, 1.54) is 30.4 Å². The lowest BCUT2D eigenvalue weighted by Gasteiger charge is -2.42. The number of aromatic nitrogens is 3. The van der Waals surface area contributed by atoms with E-state index in [0.29, 0.717) is 0 Å². The molecule has 0 saturated heterocycles. The third-order valence-corrected chi connectivity index (χ3v) is 7.02. The van der Waals surface area contributed by atoms with Gasteiger partial charge in [0.25, 0.3) is 0 Å². The van der Waals surface area contributed by atoms with Crippen molar-refractivity contribution in [2.75, 3.05) is 0 Å². The molecule has 0 aromatic carbocycles. The van der Waals surface area contributed by atoms with Crippen molar-refractivity contribution in [2.24, 2.45) is 7.05 Å². The van der Waals surface area contributed by atoms with Crippen LogP contribution in [0.1, 0.15) is 105 Å². The zero-order chi connectivity index (χ0) is 26.2. The topological polar surface area (TPSA) is 30.7 Å². The van der Waals surface area contributed by atoms with Gasteiger partial charge in [0, 0.05) is 7.05 Å². The Hall–Kier alpha value is -2.42. The van der Waals surface area contributed by atoms with Crippen LogP contribution in [-0.2, 0) is 17.9 Å². The Morgan fingerprint density at radius 3 is 2.12 bits per heavy atom. The molecule has 0 N–H and O–H groups in total. The molecule has 34 heavy (non-hydrogen) atoms. The van der Waals surface area contributed by atoms with E-state index in [-0.39, 0.29) is 10.8 Å². The zero-order valence-corrected chi connectivity index (χ0v) is 23.5. The van der Waals surface area contributed by atoms with E-state index in [0.717, 1.165) is 37.3 Å². The monoisotopic (exact) mass is 465 g/mol. The van der Waals surface area contributed by atoms with Crippen LogP contribution in [-0.4, -0.2) is 14.8 Å². The van der Waals surface area contributed by atoms with Crippen molar-refractivity contribution in [1.29, 1.82) is 0 Å². The summed E-state index contributed by atoms with van der Waals surface area (Å²) in [6, 6.07) is 0. The number of hydrogen-bond donors (Lipinski definition) is 0. The summed E-state index contributed by atoms with van der Waals surface area (Å²) in [5, 5.41) is 9.63. The highest BCUT2D eigenvalue weighted by atomic mass is 15.3. The van der Waals surface area contributed by atoms with Crippen molar-refractivity contribution in [3.63, 3.8) is 0 Å².